The van der Waals surface area contributed by atoms with Crippen molar-refractivity contribution in [1.29, 1.82) is 5.26 Å². The van der Waals surface area contributed by atoms with E-state index in [0.717, 1.165) is 16.7 Å². The Kier molecular flexibility index (Phi) is 16.0. The van der Waals surface area contributed by atoms with Crippen LogP contribution < -0.4 is 20.7 Å². The number of methoxy groups -OCH3 is 2. The summed E-state index contributed by atoms with van der Waals surface area (Å²) in [7, 11) is 0.373. The molecular weight excluding hydrogens is 812 g/mol. The van der Waals surface area contributed by atoms with Gasteiger partial charge >= 0.3 is 5.69 Å². The lowest BCUT2D eigenvalue weighted by molar-refractivity contribution is -0.0809. The number of hydrogen-bond acceptors (Lipinski definition) is 11. The maximum atomic E-state index is 13.8. The number of aryl methyl sites for hydroxylation is 1. The third-order valence-electron chi connectivity index (χ3n) is 11.5. The van der Waals surface area contributed by atoms with E-state index in [1.54, 1.807) is 21.3 Å². The number of aromatic amines is 1. The van der Waals surface area contributed by atoms with E-state index in [1.165, 1.54) is 10.8 Å². The molecule has 0 aliphatic carbocycles. The van der Waals surface area contributed by atoms with Crippen LogP contribution in [0.15, 0.2) is 94.6 Å². The van der Waals surface area contributed by atoms with Gasteiger partial charge in [-0.25, -0.2) is 9.46 Å². The average molecular weight is 875 g/mol. The summed E-state index contributed by atoms with van der Waals surface area (Å²) in [5.74, 6) is 1.38. The van der Waals surface area contributed by atoms with E-state index in [0.29, 0.717) is 11.5 Å². The summed E-state index contributed by atoms with van der Waals surface area (Å²) >= 11 is 0. The number of ether oxygens (including phenoxy) is 4. The molecule has 1 aliphatic rings. The number of hydrogen-bond donors (Lipinski definition) is 1. The van der Waals surface area contributed by atoms with Gasteiger partial charge in [0.15, 0.2) is 8.32 Å². The molecule has 1 N–H and O–H groups in total. The van der Waals surface area contributed by atoms with Gasteiger partial charge in [-0.1, -0.05) is 75.4 Å². The van der Waals surface area contributed by atoms with Crippen molar-refractivity contribution >= 4 is 16.8 Å². The molecule has 0 bridgehead atoms. The monoisotopic (exact) mass is 874 g/mol. The highest BCUT2D eigenvalue weighted by Gasteiger charge is 2.54. The van der Waals surface area contributed by atoms with Crippen LogP contribution >= 0.6 is 8.53 Å². The predicted octanol–water partition coefficient (Wildman–Crippen LogP) is 8.59. The molecule has 5 rings (SSSR count). The van der Waals surface area contributed by atoms with Crippen LogP contribution in [-0.2, 0) is 35.6 Å². The first kappa shape index (κ1) is 47.9. The molecule has 2 unspecified atom stereocenters. The molecule has 330 valence electrons. The minimum atomic E-state index is -2.64. The molecule has 1 fully saturated rings. The highest BCUT2D eigenvalue weighted by molar-refractivity contribution is 7.44. The van der Waals surface area contributed by atoms with E-state index >= 15 is 0 Å². The molecule has 0 spiro atoms. The lowest BCUT2D eigenvalue weighted by atomic mass is 9.80. The molecule has 0 saturated carbocycles. The van der Waals surface area contributed by atoms with Crippen molar-refractivity contribution in [2.75, 3.05) is 27.4 Å². The normalized spacial score (nSPS) is 19.0. The summed E-state index contributed by atoms with van der Waals surface area (Å²) in [6.07, 6.45) is -1.84. The van der Waals surface area contributed by atoms with Gasteiger partial charge in [-0.15, -0.1) is 0 Å². The lowest BCUT2D eigenvalue weighted by Gasteiger charge is -2.42. The summed E-state index contributed by atoms with van der Waals surface area (Å²) in [5, 5.41) is 9.28. The fourth-order valence-corrected chi connectivity index (χ4v) is 10.4. The zero-order chi connectivity index (χ0) is 44.7. The van der Waals surface area contributed by atoms with E-state index < -0.39 is 58.1 Å². The van der Waals surface area contributed by atoms with Crippen LogP contribution in [0.2, 0.25) is 18.1 Å². The summed E-state index contributed by atoms with van der Waals surface area (Å²) in [6.45, 7) is 19.1. The van der Waals surface area contributed by atoms with Gasteiger partial charge in [0, 0.05) is 25.3 Å². The molecule has 0 amide bonds. The Morgan fingerprint density at radius 3 is 1.90 bits per heavy atom. The molecule has 4 aromatic rings. The maximum Gasteiger partial charge on any atom is 0.328 e. The number of nitriles is 1. The molecular formula is C46H63N4O9PSi. The van der Waals surface area contributed by atoms with Crippen molar-refractivity contribution in [1.82, 2.24) is 14.2 Å². The largest absolute Gasteiger partial charge is 0.497 e. The molecule has 15 heteroatoms. The first-order valence-corrected chi connectivity index (χ1v) is 24.8. The van der Waals surface area contributed by atoms with Gasteiger partial charge in [-0.05, 0) is 86.8 Å². The SMILES string of the molecule is COc1ccc(C(OC[C@H]2O[C@@H](c3cn(C)c(=O)[nH]c3=O)[C@@H](O[Si](C)(C)C(C)(C)C)C2OP(OCCC#N)N(C(C)C)C(C)C)(c2ccccc2)c2ccc(OC)cc2)cc1. The fourth-order valence-electron chi connectivity index (χ4n) is 7.35. The lowest BCUT2D eigenvalue weighted by Crippen LogP contribution is -2.50. The van der Waals surface area contributed by atoms with Gasteiger partial charge in [0.05, 0.1) is 45.5 Å². The van der Waals surface area contributed by atoms with E-state index in [1.807, 2.05) is 78.9 Å². The second-order valence-electron chi connectivity index (χ2n) is 17.3. The van der Waals surface area contributed by atoms with E-state index in [-0.39, 0.29) is 42.3 Å². The van der Waals surface area contributed by atoms with Crippen LogP contribution in [0, 0.1) is 11.3 Å². The van der Waals surface area contributed by atoms with Gasteiger partial charge in [-0.3, -0.25) is 9.78 Å². The first-order chi connectivity index (χ1) is 28.9. The van der Waals surface area contributed by atoms with Crippen molar-refractivity contribution in [3.8, 4) is 17.6 Å². The Bertz CT molecular complexity index is 2130. The molecule has 3 aromatic carbocycles. The fraction of sp³-hybridized carbons (Fsp3) is 0.500. The zero-order valence-electron chi connectivity index (χ0n) is 37.6. The Hall–Kier alpha value is -4.16. The van der Waals surface area contributed by atoms with Crippen LogP contribution in [0.4, 0.5) is 0 Å². The van der Waals surface area contributed by atoms with Gasteiger partial charge in [0.1, 0.15) is 41.5 Å². The van der Waals surface area contributed by atoms with Gasteiger partial charge in [-0.2, -0.15) is 5.26 Å². The Morgan fingerprint density at radius 2 is 1.41 bits per heavy atom. The van der Waals surface area contributed by atoms with Crippen LogP contribution in [0.3, 0.4) is 0 Å². The average Bonchev–Trinajstić information content (AvgIpc) is 3.54. The van der Waals surface area contributed by atoms with Crippen LogP contribution in [0.5, 0.6) is 11.5 Å². The van der Waals surface area contributed by atoms with Crippen LogP contribution in [0.25, 0.3) is 0 Å². The summed E-state index contributed by atoms with van der Waals surface area (Å²) < 4.78 is 50.2. The minimum Gasteiger partial charge on any atom is -0.497 e. The number of rotatable bonds is 19. The predicted molar refractivity (Wildman–Crippen MR) is 240 cm³/mol. The van der Waals surface area contributed by atoms with E-state index in [2.05, 4.69) is 77.3 Å². The van der Waals surface area contributed by atoms with E-state index in [9.17, 15) is 14.9 Å². The molecule has 61 heavy (non-hydrogen) atoms. The molecule has 1 saturated heterocycles. The molecule has 13 nitrogen and oxygen atoms in total. The smallest absolute Gasteiger partial charge is 0.328 e. The van der Waals surface area contributed by atoms with Crippen molar-refractivity contribution in [3.63, 3.8) is 0 Å². The molecule has 1 aromatic heterocycles. The summed E-state index contributed by atoms with van der Waals surface area (Å²) in [5.41, 5.74) is 0.402. The van der Waals surface area contributed by atoms with Crippen molar-refractivity contribution in [2.45, 2.75) is 115 Å². The van der Waals surface area contributed by atoms with Crippen molar-refractivity contribution < 1.29 is 32.4 Å². The van der Waals surface area contributed by atoms with Crippen molar-refractivity contribution in [3.05, 3.63) is 128 Å². The van der Waals surface area contributed by atoms with E-state index in [4.69, 9.17) is 32.4 Å². The summed E-state index contributed by atoms with van der Waals surface area (Å²) in [4.78, 5) is 29.0. The minimum absolute atomic E-state index is 0.00291. The number of nitrogens with one attached hydrogen (secondary N) is 1. The highest BCUT2D eigenvalue weighted by atomic mass is 31.2. The zero-order valence-corrected chi connectivity index (χ0v) is 39.5. The van der Waals surface area contributed by atoms with Crippen molar-refractivity contribution in [2.24, 2.45) is 7.05 Å². The van der Waals surface area contributed by atoms with Crippen LogP contribution in [-0.4, -0.2) is 80.4 Å². The van der Waals surface area contributed by atoms with Gasteiger partial charge in [0.25, 0.3) is 14.1 Å². The third-order valence-corrected chi connectivity index (χ3v) is 18.1. The second-order valence-corrected chi connectivity index (χ2v) is 23.5. The standard InChI is InChI=1S/C46H63N4O9PSi/c1-31(2)50(32(3)4)60(56-28-16-27-47)58-41-39(57-40(38-29-49(8)44(52)48-43(38)51)42(41)59-61(11,12)45(5,6)7)30-55-46(33-17-14-13-15-18-33,34-19-23-36(53-9)24-20-34)35-21-25-37(54-10)26-22-35/h13-15,17-26,29,31-32,39-42H,16,28,30H2,1-12H3,(H,48,51,52)/t39-,40+,41?,42-,60?/m1/s1. The van der Waals surface area contributed by atoms with Gasteiger partial charge in [0.2, 0.25) is 0 Å². The quantitative estimate of drug-likeness (QED) is 0.0418. The number of benzene rings is 3. The Labute approximate surface area is 363 Å². The number of H-pyrrole nitrogens is 1. The topological polar surface area (TPSA) is 147 Å². The maximum absolute atomic E-state index is 13.8. The Morgan fingerprint density at radius 1 is 0.869 bits per heavy atom. The number of nitrogens with zero attached hydrogens (tertiary/aromatic N) is 3. The molecule has 5 atom stereocenters. The second kappa shape index (κ2) is 20.3. The number of aromatic nitrogens is 2. The molecule has 2 heterocycles. The summed E-state index contributed by atoms with van der Waals surface area (Å²) in [6, 6.07) is 27.7. The first-order valence-electron chi connectivity index (χ1n) is 20.7. The third kappa shape index (κ3) is 10.7. The van der Waals surface area contributed by atoms with Gasteiger partial charge < -0.3 is 37.0 Å². The highest BCUT2D eigenvalue weighted by Crippen LogP contribution is 2.53. The molecule has 0 radical (unpaired) electrons. The van der Waals surface area contributed by atoms with Crippen LogP contribution in [0.1, 0.15) is 83.2 Å². The molecule has 1 aliphatic heterocycles. The Balaban J connectivity index is 1.75.